The number of anilines is 1. The lowest BCUT2D eigenvalue weighted by atomic mass is 10.0. The largest absolute Gasteiger partial charge is 0.496 e. The average Bonchev–Trinajstić information content (AvgIpc) is 2.52. The minimum atomic E-state index is 0.369. The van der Waals surface area contributed by atoms with Crippen molar-refractivity contribution in [2.45, 2.75) is 33.6 Å². The lowest BCUT2D eigenvalue weighted by Gasteiger charge is -2.15. The molecule has 2 aromatic rings. The van der Waals surface area contributed by atoms with E-state index in [1.54, 1.807) is 7.11 Å². The molecule has 0 bridgehead atoms. The van der Waals surface area contributed by atoms with E-state index >= 15 is 0 Å². The fourth-order valence-corrected chi connectivity index (χ4v) is 4.06. The molecule has 126 valence electrons. The molecule has 0 radical (unpaired) electrons. The van der Waals surface area contributed by atoms with Crippen LogP contribution in [0.2, 0.25) is 0 Å². The number of hydrogen-bond acceptors (Lipinski definition) is 3. The van der Waals surface area contributed by atoms with Crippen LogP contribution in [0.4, 0.5) is 5.69 Å². The molecule has 0 aliphatic carbocycles. The highest BCUT2D eigenvalue weighted by atomic mass is 127. The van der Waals surface area contributed by atoms with Crippen molar-refractivity contribution >= 4 is 50.9 Å². The van der Waals surface area contributed by atoms with Crippen LogP contribution in [0.5, 0.6) is 17.2 Å². The summed E-state index contributed by atoms with van der Waals surface area (Å²) < 4.78 is 13.5. The van der Waals surface area contributed by atoms with Gasteiger partial charge >= 0.3 is 0 Å². The number of rotatable bonds is 4. The van der Waals surface area contributed by atoms with Gasteiger partial charge in [-0.15, -0.1) is 0 Å². The molecule has 0 atom stereocenters. The van der Waals surface area contributed by atoms with E-state index in [-0.39, 0.29) is 0 Å². The van der Waals surface area contributed by atoms with Gasteiger partial charge in [-0.3, -0.25) is 0 Å². The highest BCUT2D eigenvalue weighted by Crippen LogP contribution is 2.36. The molecule has 0 aliphatic heterocycles. The third-order valence-corrected chi connectivity index (χ3v) is 4.67. The van der Waals surface area contributed by atoms with Crippen LogP contribution in [0, 0.1) is 7.14 Å². The van der Waals surface area contributed by atoms with Crippen molar-refractivity contribution in [3.63, 3.8) is 0 Å². The average molecular weight is 539 g/mol. The Balaban J connectivity index is 0.00000127. The van der Waals surface area contributed by atoms with Crippen LogP contribution < -0.4 is 15.2 Å². The summed E-state index contributed by atoms with van der Waals surface area (Å²) in [5, 5.41) is 0. The van der Waals surface area contributed by atoms with E-state index in [0.29, 0.717) is 5.92 Å². The Hall–Kier alpha value is -0.700. The Kier molecular flexibility index (Phi) is 8.46. The monoisotopic (exact) mass is 539 g/mol. The van der Waals surface area contributed by atoms with Gasteiger partial charge < -0.3 is 15.2 Å². The quantitative estimate of drug-likeness (QED) is 0.360. The molecule has 0 amide bonds. The summed E-state index contributed by atoms with van der Waals surface area (Å²) in [7, 11) is 1.69. The van der Waals surface area contributed by atoms with Crippen LogP contribution in [-0.4, -0.2) is 7.11 Å². The topological polar surface area (TPSA) is 44.5 Å². The highest BCUT2D eigenvalue weighted by molar-refractivity contribution is 14.1. The van der Waals surface area contributed by atoms with E-state index in [1.165, 1.54) is 0 Å². The molecule has 0 spiro atoms. The molecule has 0 saturated carbocycles. The maximum absolute atomic E-state index is 6.06. The lowest BCUT2D eigenvalue weighted by molar-refractivity contribution is 0.405. The van der Waals surface area contributed by atoms with E-state index in [4.69, 9.17) is 15.2 Å². The summed E-state index contributed by atoms with van der Waals surface area (Å²) in [6, 6.07) is 9.72. The normalized spacial score (nSPS) is 10.1. The Labute approximate surface area is 166 Å². The Bertz CT molecular complexity index is 634. The Morgan fingerprint density at radius 1 is 1.00 bits per heavy atom. The SMILES string of the molecule is CC.COc1ccc(Oc2c(I)cc(N)cc2I)cc1C(C)C. The van der Waals surface area contributed by atoms with Gasteiger partial charge in [0.1, 0.15) is 11.5 Å². The zero-order valence-corrected chi connectivity index (χ0v) is 18.4. The van der Waals surface area contributed by atoms with Crippen molar-refractivity contribution in [1.29, 1.82) is 0 Å². The van der Waals surface area contributed by atoms with E-state index in [0.717, 1.165) is 35.6 Å². The molecular weight excluding hydrogens is 516 g/mol. The van der Waals surface area contributed by atoms with E-state index < -0.39 is 0 Å². The minimum absolute atomic E-state index is 0.369. The third-order valence-electron chi connectivity index (χ3n) is 3.06. The fraction of sp³-hybridized carbons (Fsp3) is 0.333. The number of methoxy groups -OCH3 is 1. The van der Waals surface area contributed by atoms with Crippen molar-refractivity contribution in [2.24, 2.45) is 0 Å². The van der Waals surface area contributed by atoms with Crippen molar-refractivity contribution < 1.29 is 9.47 Å². The first-order chi connectivity index (χ1) is 10.9. The molecule has 0 heterocycles. The highest BCUT2D eigenvalue weighted by Gasteiger charge is 2.12. The van der Waals surface area contributed by atoms with Crippen LogP contribution in [0.1, 0.15) is 39.2 Å². The third kappa shape index (κ3) is 5.41. The van der Waals surface area contributed by atoms with E-state index in [1.807, 2.05) is 44.2 Å². The van der Waals surface area contributed by atoms with Crippen LogP contribution >= 0.6 is 45.2 Å². The number of hydrogen-bond donors (Lipinski definition) is 1. The summed E-state index contributed by atoms with van der Waals surface area (Å²) >= 11 is 4.48. The van der Waals surface area contributed by atoms with Gasteiger partial charge in [-0.25, -0.2) is 0 Å². The first-order valence-electron chi connectivity index (χ1n) is 7.52. The predicted molar refractivity (Wildman–Crippen MR) is 115 cm³/mol. The van der Waals surface area contributed by atoms with Crippen molar-refractivity contribution in [3.05, 3.63) is 43.0 Å². The Morgan fingerprint density at radius 3 is 2.04 bits per heavy atom. The number of nitrogens with two attached hydrogens (primary N) is 1. The molecule has 23 heavy (non-hydrogen) atoms. The number of halogens is 2. The van der Waals surface area contributed by atoms with Crippen molar-refractivity contribution in [2.75, 3.05) is 12.8 Å². The first-order valence-corrected chi connectivity index (χ1v) is 9.68. The Morgan fingerprint density at radius 2 is 1.57 bits per heavy atom. The molecule has 0 aliphatic rings. The standard InChI is InChI=1S/C16H17I2NO2.C2H6/c1-9(2)12-8-11(4-5-15(12)20-3)21-16-13(17)6-10(19)7-14(16)18;1-2/h4-9H,19H2,1-3H3;1-2H3. The smallest absolute Gasteiger partial charge is 0.154 e. The van der Waals surface area contributed by atoms with Gasteiger partial charge in [0.2, 0.25) is 0 Å². The molecule has 3 nitrogen and oxygen atoms in total. The molecule has 0 fully saturated rings. The molecule has 0 unspecified atom stereocenters. The molecule has 2 N–H and O–H groups in total. The number of benzene rings is 2. The first kappa shape index (κ1) is 20.3. The summed E-state index contributed by atoms with van der Waals surface area (Å²) in [4.78, 5) is 0. The van der Waals surface area contributed by atoms with E-state index in [9.17, 15) is 0 Å². The van der Waals surface area contributed by atoms with Crippen molar-refractivity contribution in [3.8, 4) is 17.2 Å². The minimum Gasteiger partial charge on any atom is -0.496 e. The van der Waals surface area contributed by atoms with Crippen LogP contribution in [-0.2, 0) is 0 Å². The van der Waals surface area contributed by atoms with Gasteiger partial charge in [0.15, 0.2) is 5.75 Å². The van der Waals surface area contributed by atoms with Gasteiger partial charge in [0.05, 0.1) is 14.3 Å². The zero-order chi connectivity index (χ0) is 17.6. The van der Waals surface area contributed by atoms with Crippen LogP contribution in [0.15, 0.2) is 30.3 Å². The summed E-state index contributed by atoms with van der Waals surface area (Å²) in [6.07, 6.45) is 0. The van der Waals surface area contributed by atoms with Gasteiger partial charge in [-0.1, -0.05) is 27.7 Å². The molecule has 5 heteroatoms. The van der Waals surface area contributed by atoms with Crippen molar-refractivity contribution in [1.82, 2.24) is 0 Å². The fourth-order valence-electron chi connectivity index (χ4n) is 2.02. The van der Waals surface area contributed by atoms with Gasteiger partial charge in [0, 0.05) is 11.3 Å². The maximum atomic E-state index is 6.06. The maximum Gasteiger partial charge on any atom is 0.154 e. The summed E-state index contributed by atoms with van der Waals surface area (Å²) in [5.74, 6) is 2.90. The van der Waals surface area contributed by atoms with Gasteiger partial charge in [0.25, 0.3) is 0 Å². The molecule has 2 aromatic carbocycles. The van der Waals surface area contributed by atoms with Gasteiger partial charge in [-0.2, -0.15) is 0 Å². The number of nitrogen functional groups attached to an aromatic ring is 1. The summed E-state index contributed by atoms with van der Waals surface area (Å²) in [5.41, 5.74) is 7.72. The lowest BCUT2D eigenvalue weighted by Crippen LogP contribution is -1.97. The summed E-state index contributed by atoms with van der Waals surface area (Å²) in [6.45, 7) is 8.27. The molecular formula is C18H23I2NO2. The molecule has 2 rings (SSSR count). The van der Waals surface area contributed by atoms with E-state index in [2.05, 4.69) is 59.0 Å². The molecule has 0 saturated heterocycles. The second kappa shape index (κ2) is 9.56. The zero-order valence-electron chi connectivity index (χ0n) is 14.1. The predicted octanol–water partition coefficient (Wildman–Crippen LogP) is 6.43. The second-order valence-corrected chi connectivity index (χ2v) is 7.30. The van der Waals surface area contributed by atoms with Crippen LogP contribution in [0.3, 0.4) is 0 Å². The van der Waals surface area contributed by atoms with Crippen LogP contribution in [0.25, 0.3) is 0 Å². The number of ether oxygens (including phenoxy) is 2. The molecule has 0 aromatic heterocycles. The van der Waals surface area contributed by atoms with Gasteiger partial charge in [-0.05, 0) is 81.4 Å². The second-order valence-electron chi connectivity index (χ2n) is 4.97.